The number of rotatable bonds is 1. The maximum absolute atomic E-state index is 12.5. The van der Waals surface area contributed by atoms with Gasteiger partial charge < -0.3 is 0 Å². The third-order valence-corrected chi connectivity index (χ3v) is 2.51. The van der Waals surface area contributed by atoms with Crippen molar-refractivity contribution < 1.29 is 4.39 Å². The van der Waals surface area contributed by atoms with Crippen LogP contribution in [0.5, 0.6) is 0 Å². The average Bonchev–Trinajstić information content (AvgIpc) is 2.43. The molecular weight excluding hydrogens is 235 g/mol. The van der Waals surface area contributed by atoms with Gasteiger partial charge in [-0.05, 0) is 18.2 Å². The first-order chi connectivity index (χ1) is 6.22. The zero-order chi connectivity index (χ0) is 9.42. The summed E-state index contributed by atoms with van der Waals surface area (Å²) >= 11 is 3.36. The van der Waals surface area contributed by atoms with Crippen molar-refractivity contribution in [3.05, 3.63) is 28.4 Å². The first kappa shape index (κ1) is 8.69. The molecular formula is C9H8BrFN2. The second-order valence-electron chi connectivity index (χ2n) is 2.87. The van der Waals surface area contributed by atoms with Gasteiger partial charge in [0.2, 0.25) is 0 Å². The van der Waals surface area contributed by atoms with Crippen LogP contribution in [0.1, 0.15) is 5.69 Å². The number of alkyl halides is 1. The lowest BCUT2D eigenvalue weighted by Crippen LogP contribution is -1.90. The van der Waals surface area contributed by atoms with Crippen molar-refractivity contribution in [2.24, 2.45) is 7.05 Å². The Balaban J connectivity index is 2.80. The minimum absolute atomic E-state index is 0.505. The SMILES string of the molecule is Cn1nc(CF)c2ccc(Br)cc21. The van der Waals surface area contributed by atoms with Crippen molar-refractivity contribution in [1.29, 1.82) is 0 Å². The number of hydrogen-bond donors (Lipinski definition) is 0. The van der Waals surface area contributed by atoms with E-state index in [0.717, 1.165) is 15.4 Å². The summed E-state index contributed by atoms with van der Waals surface area (Å²) < 4.78 is 15.2. The first-order valence-corrected chi connectivity index (χ1v) is 4.69. The summed E-state index contributed by atoms with van der Waals surface area (Å²) in [5.41, 5.74) is 1.45. The van der Waals surface area contributed by atoms with Crippen LogP contribution >= 0.6 is 15.9 Å². The van der Waals surface area contributed by atoms with Gasteiger partial charge in [0.25, 0.3) is 0 Å². The Labute approximate surface area is 83.5 Å². The molecule has 0 atom stereocenters. The van der Waals surface area contributed by atoms with E-state index in [-0.39, 0.29) is 0 Å². The van der Waals surface area contributed by atoms with Crippen molar-refractivity contribution in [2.45, 2.75) is 6.67 Å². The van der Waals surface area contributed by atoms with Crippen LogP contribution in [0, 0.1) is 0 Å². The number of aromatic nitrogens is 2. The molecule has 0 N–H and O–H groups in total. The largest absolute Gasteiger partial charge is 0.268 e. The Morgan fingerprint density at radius 3 is 3.00 bits per heavy atom. The molecule has 0 bridgehead atoms. The van der Waals surface area contributed by atoms with Gasteiger partial charge in [0.1, 0.15) is 12.4 Å². The highest BCUT2D eigenvalue weighted by Gasteiger charge is 2.07. The minimum atomic E-state index is -0.515. The lowest BCUT2D eigenvalue weighted by Gasteiger charge is -1.93. The van der Waals surface area contributed by atoms with E-state index in [2.05, 4.69) is 21.0 Å². The molecule has 0 spiro atoms. The predicted molar refractivity (Wildman–Crippen MR) is 53.2 cm³/mol. The fourth-order valence-corrected chi connectivity index (χ4v) is 1.75. The highest BCUT2D eigenvalue weighted by Crippen LogP contribution is 2.22. The third kappa shape index (κ3) is 1.35. The smallest absolute Gasteiger partial charge is 0.134 e. The molecule has 4 heteroatoms. The average molecular weight is 243 g/mol. The molecule has 2 rings (SSSR count). The number of nitrogens with zero attached hydrogens (tertiary/aromatic N) is 2. The van der Waals surface area contributed by atoms with Crippen LogP contribution in [0.3, 0.4) is 0 Å². The van der Waals surface area contributed by atoms with E-state index in [1.807, 2.05) is 25.2 Å². The normalized spacial score (nSPS) is 11.0. The van der Waals surface area contributed by atoms with Crippen LogP contribution < -0.4 is 0 Å². The summed E-state index contributed by atoms with van der Waals surface area (Å²) in [7, 11) is 1.81. The molecule has 0 radical (unpaired) electrons. The van der Waals surface area contributed by atoms with Crippen LogP contribution in [0.15, 0.2) is 22.7 Å². The lowest BCUT2D eigenvalue weighted by molar-refractivity contribution is 0.473. The second kappa shape index (κ2) is 3.10. The monoisotopic (exact) mass is 242 g/mol. The Bertz CT molecular complexity index is 450. The molecule has 0 fully saturated rings. The van der Waals surface area contributed by atoms with Crippen molar-refractivity contribution in [1.82, 2.24) is 9.78 Å². The standard InChI is InChI=1S/C9H8BrFN2/c1-13-9-4-6(10)2-3-7(9)8(5-11)12-13/h2-4H,5H2,1H3. The van der Waals surface area contributed by atoms with E-state index in [1.165, 1.54) is 0 Å². The van der Waals surface area contributed by atoms with Gasteiger partial charge in [-0.15, -0.1) is 0 Å². The quantitative estimate of drug-likeness (QED) is 0.752. The summed E-state index contributed by atoms with van der Waals surface area (Å²) in [4.78, 5) is 0. The van der Waals surface area contributed by atoms with E-state index < -0.39 is 6.67 Å². The van der Waals surface area contributed by atoms with E-state index in [0.29, 0.717) is 5.69 Å². The molecule has 2 aromatic rings. The van der Waals surface area contributed by atoms with Crippen LogP contribution in [-0.2, 0) is 13.7 Å². The minimum Gasteiger partial charge on any atom is -0.268 e. The Kier molecular flexibility index (Phi) is 2.07. The summed E-state index contributed by atoms with van der Waals surface area (Å²) in [6.45, 7) is -0.515. The van der Waals surface area contributed by atoms with Crippen molar-refractivity contribution in [3.63, 3.8) is 0 Å². The highest BCUT2D eigenvalue weighted by molar-refractivity contribution is 9.10. The van der Waals surface area contributed by atoms with Gasteiger partial charge in [0.05, 0.1) is 5.52 Å². The van der Waals surface area contributed by atoms with Crippen LogP contribution in [0.2, 0.25) is 0 Å². The zero-order valence-corrected chi connectivity index (χ0v) is 8.68. The molecule has 0 aliphatic heterocycles. The van der Waals surface area contributed by atoms with Gasteiger partial charge in [0.15, 0.2) is 0 Å². The molecule has 2 nitrogen and oxygen atoms in total. The Hall–Kier alpha value is -0.900. The number of halogens is 2. The number of aryl methyl sites for hydroxylation is 1. The Morgan fingerprint density at radius 2 is 2.31 bits per heavy atom. The van der Waals surface area contributed by atoms with Gasteiger partial charge in [-0.1, -0.05) is 15.9 Å². The third-order valence-electron chi connectivity index (χ3n) is 2.02. The van der Waals surface area contributed by atoms with E-state index >= 15 is 0 Å². The summed E-state index contributed by atoms with van der Waals surface area (Å²) in [5, 5.41) is 4.95. The molecule has 0 saturated carbocycles. The van der Waals surface area contributed by atoms with Crippen LogP contribution in [0.4, 0.5) is 4.39 Å². The van der Waals surface area contributed by atoms with E-state index in [4.69, 9.17) is 0 Å². The van der Waals surface area contributed by atoms with Crippen molar-refractivity contribution in [2.75, 3.05) is 0 Å². The van der Waals surface area contributed by atoms with Gasteiger partial charge in [-0.25, -0.2) is 4.39 Å². The fourth-order valence-electron chi connectivity index (χ4n) is 1.40. The lowest BCUT2D eigenvalue weighted by atomic mass is 10.2. The van der Waals surface area contributed by atoms with E-state index in [9.17, 15) is 4.39 Å². The maximum atomic E-state index is 12.5. The van der Waals surface area contributed by atoms with Gasteiger partial charge in [-0.3, -0.25) is 4.68 Å². The molecule has 1 aromatic heterocycles. The summed E-state index contributed by atoms with van der Waals surface area (Å²) in [5.74, 6) is 0. The van der Waals surface area contributed by atoms with Crippen molar-refractivity contribution in [3.8, 4) is 0 Å². The van der Waals surface area contributed by atoms with Crippen LogP contribution in [0.25, 0.3) is 10.9 Å². The van der Waals surface area contributed by atoms with E-state index in [1.54, 1.807) is 4.68 Å². The molecule has 0 amide bonds. The number of fused-ring (bicyclic) bond motifs is 1. The molecule has 1 aromatic carbocycles. The number of hydrogen-bond acceptors (Lipinski definition) is 1. The predicted octanol–water partition coefficient (Wildman–Crippen LogP) is 2.81. The molecule has 0 aliphatic rings. The number of benzene rings is 1. The van der Waals surface area contributed by atoms with Gasteiger partial charge in [-0.2, -0.15) is 5.10 Å². The van der Waals surface area contributed by atoms with Gasteiger partial charge >= 0.3 is 0 Å². The fraction of sp³-hybridized carbons (Fsp3) is 0.222. The molecule has 0 unspecified atom stereocenters. The Morgan fingerprint density at radius 1 is 1.54 bits per heavy atom. The molecule has 1 heterocycles. The van der Waals surface area contributed by atoms with Gasteiger partial charge in [0, 0.05) is 16.9 Å². The first-order valence-electron chi connectivity index (χ1n) is 3.89. The molecule has 13 heavy (non-hydrogen) atoms. The summed E-state index contributed by atoms with van der Waals surface area (Å²) in [6.07, 6.45) is 0. The zero-order valence-electron chi connectivity index (χ0n) is 7.09. The summed E-state index contributed by atoms with van der Waals surface area (Å²) in [6, 6.07) is 5.70. The molecule has 0 saturated heterocycles. The second-order valence-corrected chi connectivity index (χ2v) is 3.78. The highest BCUT2D eigenvalue weighted by atomic mass is 79.9. The molecule has 0 aliphatic carbocycles. The maximum Gasteiger partial charge on any atom is 0.134 e. The van der Waals surface area contributed by atoms with Crippen molar-refractivity contribution >= 4 is 26.8 Å². The molecule has 68 valence electrons. The topological polar surface area (TPSA) is 17.8 Å². The van der Waals surface area contributed by atoms with Crippen LogP contribution in [-0.4, -0.2) is 9.78 Å².